The van der Waals surface area contributed by atoms with Gasteiger partial charge in [0.2, 0.25) is 23.6 Å². The first-order valence-corrected chi connectivity index (χ1v) is 13.5. The number of carboxylic acids is 1. The zero-order chi connectivity index (χ0) is 30.6. The number of nitrogens with one attached hydrogen (secondary N) is 5. The second-order valence-corrected chi connectivity index (χ2v) is 9.93. The Bertz CT molecular complexity index is 1370. The third-order valence-electron chi connectivity index (χ3n) is 6.66. The number of nitrogens with two attached hydrogens (primary N) is 3. The van der Waals surface area contributed by atoms with Gasteiger partial charge < -0.3 is 48.2 Å². The summed E-state index contributed by atoms with van der Waals surface area (Å²) in [4.78, 5) is 72.6. The Morgan fingerprint density at radius 2 is 1.60 bits per heavy atom. The van der Waals surface area contributed by atoms with Crippen LogP contribution in [0.25, 0.3) is 10.9 Å². The maximum atomic E-state index is 13.6. The summed E-state index contributed by atoms with van der Waals surface area (Å²) in [5, 5.41) is 17.9. The SMILES string of the molecule is NCCCCC(NC(=O)C(Cc1c[nH]c2ccccc12)NC(=O)C(N)Cc1cnc[nH]1)C(=O)NC(CC(N)=O)C(=O)O. The number of hydrogen-bond donors (Lipinski definition) is 9. The van der Waals surface area contributed by atoms with Gasteiger partial charge in [0.25, 0.3) is 0 Å². The van der Waals surface area contributed by atoms with Crippen molar-refractivity contribution in [3.8, 4) is 0 Å². The fourth-order valence-corrected chi connectivity index (χ4v) is 4.44. The number of aromatic amines is 2. The number of H-pyrrole nitrogens is 2. The van der Waals surface area contributed by atoms with E-state index < -0.39 is 60.2 Å². The van der Waals surface area contributed by atoms with Gasteiger partial charge in [-0.1, -0.05) is 18.2 Å². The molecule has 1 aromatic carbocycles. The summed E-state index contributed by atoms with van der Waals surface area (Å²) >= 11 is 0. The Hall–Kier alpha value is -4.76. The van der Waals surface area contributed by atoms with Gasteiger partial charge in [-0.3, -0.25) is 19.2 Å². The third-order valence-corrected chi connectivity index (χ3v) is 6.66. The van der Waals surface area contributed by atoms with Crippen LogP contribution in [-0.2, 0) is 36.8 Å². The molecule has 0 fully saturated rings. The zero-order valence-electron chi connectivity index (χ0n) is 23.0. The predicted molar refractivity (Wildman–Crippen MR) is 152 cm³/mol. The van der Waals surface area contributed by atoms with Crippen molar-refractivity contribution in [3.05, 3.63) is 54.2 Å². The summed E-state index contributed by atoms with van der Waals surface area (Å²) in [6, 6.07) is 2.54. The standard InChI is InChI=1S/C27H37N9O6/c28-8-4-3-7-20(25(39)36-22(27(41)42)11-23(30)37)34-26(40)21(9-15-12-32-19-6-2-1-5-17(15)19)35-24(38)18(29)10-16-13-31-14-33-16/h1-2,5-6,12-14,18,20-22,32H,3-4,7-11,28-29H2,(H2,30,37)(H,31,33)(H,34,40)(H,35,38)(H,36,39)(H,41,42). The Balaban J connectivity index is 1.82. The number of primary amides is 1. The molecule has 15 heteroatoms. The van der Waals surface area contributed by atoms with Crippen LogP contribution in [0, 0.1) is 0 Å². The lowest BCUT2D eigenvalue weighted by Crippen LogP contribution is -2.58. The van der Waals surface area contributed by atoms with Crippen molar-refractivity contribution in [2.45, 2.75) is 62.7 Å². The molecule has 15 nitrogen and oxygen atoms in total. The summed E-state index contributed by atoms with van der Waals surface area (Å²) in [6.07, 6.45) is 5.43. The summed E-state index contributed by atoms with van der Waals surface area (Å²) in [7, 11) is 0. The number of carbonyl (C=O) groups excluding carboxylic acids is 4. The molecule has 0 aliphatic rings. The van der Waals surface area contributed by atoms with Crippen LogP contribution in [0.4, 0.5) is 0 Å². The highest BCUT2D eigenvalue weighted by molar-refractivity contribution is 5.95. The van der Waals surface area contributed by atoms with Crippen LogP contribution in [0.5, 0.6) is 0 Å². The van der Waals surface area contributed by atoms with Gasteiger partial charge in [-0.2, -0.15) is 0 Å². The molecule has 0 spiro atoms. The highest BCUT2D eigenvalue weighted by Crippen LogP contribution is 2.19. The number of carbonyl (C=O) groups is 5. The second-order valence-electron chi connectivity index (χ2n) is 9.93. The first-order valence-electron chi connectivity index (χ1n) is 13.5. The molecule has 2 aromatic heterocycles. The molecule has 4 unspecified atom stereocenters. The lowest BCUT2D eigenvalue weighted by molar-refractivity contribution is -0.143. The number of fused-ring (bicyclic) bond motifs is 1. The van der Waals surface area contributed by atoms with Crippen LogP contribution in [0.3, 0.4) is 0 Å². The lowest BCUT2D eigenvalue weighted by atomic mass is 10.0. The number of hydrogen-bond acceptors (Lipinski definition) is 8. The number of para-hydroxylation sites is 1. The molecule has 3 rings (SSSR count). The molecule has 226 valence electrons. The average molecular weight is 584 g/mol. The van der Waals surface area contributed by atoms with Gasteiger partial charge in [0, 0.05) is 41.8 Å². The average Bonchev–Trinajstić information content (AvgIpc) is 3.61. The molecule has 0 saturated carbocycles. The minimum absolute atomic E-state index is 0.0644. The first kappa shape index (κ1) is 31.8. The first-order chi connectivity index (χ1) is 20.1. The summed E-state index contributed by atoms with van der Waals surface area (Å²) in [5.41, 5.74) is 19.0. The molecule has 0 aliphatic heterocycles. The van der Waals surface area contributed by atoms with E-state index in [2.05, 4.69) is 30.9 Å². The fraction of sp³-hybridized carbons (Fsp3) is 0.407. The number of aromatic nitrogens is 3. The van der Waals surface area contributed by atoms with E-state index in [1.165, 1.54) is 12.5 Å². The monoisotopic (exact) mass is 583 g/mol. The minimum atomic E-state index is -1.58. The van der Waals surface area contributed by atoms with E-state index in [1.807, 2.05) is 24.3 Å². The molecular formula is C27H37N9O6. The maximum absolute atomic E-state index is 13.6. The van der Waals surface area contributed by atoms with Crippen LogP contribution in [0.15, 0.2) is 43.0 Å². The molecule has 42 heavy (non-hydrogen) atoms. The molecule has 4 atom stereocenters. The molecule has 0 aliphatic carbocycles. The smallest absolute Gasteiger partial charge is 0.326 e. The quantitative estimate of drug-likeness (QED) is 0.0840. The normalized spacial score (nSPS) is 14.0. The van der Waals surface area contributed by atoms with E-state index in [-0.39, 0.29) is 19.3 Å². The van der Waals surface area contributed by atoms with E-state index >= 15 is 0 Å². The Morgan fingerprint density at radius 1 is 0.905 bits per heavy atom. The van der Waals surface area contributed by atoms with Crippen molar-refractivity contribution in [2.75, 3.05) is 6.54 Å². The number of amides is 4. The van der Waals surface area contributed by atoms with Gasteiger partial charge in [0.1, 0.15) is 18.1 Å². The van der Waals surface area contributed by atoms with Gasteiger partial charge in [-0.25, -0.2) is 9.78 Å². The van der Waals surface area contributed by atoms with Gasteiger partial charge in [0.15, 0.2) is 0 Å². The molecule has 4 amide bonds. The van der Waals surface area contributed by atoms with Crippen LogP contribution in [0.1, 0.15) is 36.9 Å². The largest absolute Gasteiger partial charge is 0.480 e. The molecule has 0 bridgehead atoms. The van der Waals surface area contributed by atoms with Crippen molar-refractivity contribution in [3.63, 3.8) is 0 Å². The predicted octanol–water partition coefficient (Wildman–Crippen LogP) is -1.45. The highest BCUT2D eigenvalue weighted by Gasteiger charge is 2.31. The van der Waals surface area contributed by atoms with Gasteiger partial charge in [0.05, 0.1) is 18.8 Å². The van der Waals surface area contributed by atoms with Crippen molar-refractivity contribution < 1.29 is 29.1 Å². The molecule has 12 N–H and O–H groups in total. The number of rotatable bonds is 17. The Kier molecular flexibility index (Phi) is 11.6. The summed E-state index contributed by atoms with van der Waals surface area (Å²) in [6.45, 7) is 0.342. The fourth-order valence-electron chi connectivity index (χ4n) is 4.44. The number of nitrogens with zero attached hydrogens (tertiary/aromatic N) is 1. The van der Waals surface area contributed by atoms with Crippen LogP contribution >= 0.6 is 0 Å². The van der Waals surface area contributed by atoms with Gasteiger partial charge in [-0.05, 0) is 37.4 Å². The summed E-state index contributed by atoms with van der Waals surface area (Å²) < 4.78 is 0. The maximum Gasteiger partial charge on any atom is 0.326 e. The van der Waals surface area contributed by atoms with Crippen molar-refractivity contribution in [1.82, 2.24) is 30.9 Å². The topological polar surface area (TPSA) is 264 Å². The molecule has 2 heterocycles. The van der Waals surface area contributed by atoms with E-state index in [1.54, 1.807) is 6.20 Å². The highest BCUT2D eigenvalue weighted by atomic mass is 16.4. The van der Waals surface area contributed by atoms with Gasteiger partial charge in [-0.15, -0.1) is 0 Å². The molecular weight excluding hydrogens is 546 g/mol. The number of carboxylic acid groups (broad SMARTS) is 1. The van der Waals surface area contributed by atoms with E-state index in [4.69, 9.17) is 17.2 Å². The van der Waals surface area contributed by atoms with Crippen LogP contribution in [-0.4, -0.2) is 80.4 Å². The number of benzene rings is 1. The molecule has 0 saturated heterocycles. The van der Waals surface area contributed by atoms with E-state index in [0.717, 1.165) is 16.5 Å². The minimum Gasteiger partial charge on any atom is -0.480 e. The van der Waals surface area contributed by atoms with Crippen molar-refractivity contribution >= 4 is 40.5 Å². The van der Waals surface area contributed by atoms with Gasteiger partial charge >= 0.3 is 5.97 Å². The zero-order valence-corrected chi connectivity index (χ0v) is 23.0. The van der Waals surface area contributed by atoms with Crippen molar-refractivity contribution in [2.24, 2.45) is 17.2 Å². The van der Waals surface area contributed by atoms with Crippen LogP contribution in [0.2, 0.25) is 0 Å². The Labute approximate surface area is 241 Å². The molecule has 0 radical (unpaired) electrons. The summed E-state index contributed by atoms with van der Waals surface area (Å²) in [5.74, 6) is -4.47. The third kappa shape index (κ3) is 9.14. The van der Waals surface area contributed by atoms with E-state index in [9.17, 15) is 29.1 Å². The van der Waals surface area contributed by atoms with E-state index in [0.29, 0.717) is 25.1 Å². The second kappa shape index (κ2) is 15.3. The number of unbranched alkanes of at least 4 members (excludes halogenated alkanes) is 1. The Morgan fingerprint density at radius 3 is 2.26 bits per heavy atom. The van der Waals surface area contributed by atoms with Crippen molar-refractivity contribution in [1.29, 1.82) is 0 Å². The number of imidazole rings is 1. The lowest BCUT2D eigenvalue weighted by Gasteiger charge is -2.25. The molecule has 3 aromatic rings. The number of aliphatic carboxylic acids is 1. The van der Waals surface area contributed by atoms with Crippen LogP contribution < -0.4 is 33.2 Å².